The van der Waals surface area contributed by atoms with Crippen LogP contribution in [-0.4, -0.2) is 19.1 Å². The van der Waals surface area contributed by atoms with Gasteiger partial charge in [-0.1, -0.05) is 18.6 Å². The van der Waals surface area contributed by atoms with Crippen LogP contribution in [0.4, 0.5) is 0 Å². The fourth-order valence-electron chi connectivity index (χ4n) is 2.54. The first-order chi connectivity index (χ1) is 8.83. The number of fused-ring (bicyclic) bond motifs is 1. The molecule has 0 saturated heterocycles. The molecule has 0 unspecified atom stereocenters. The van der Waals surface area contributed by atoms with Gasteiger partial charge >= 0.3 is 0 Å². The second kappa shape index (κ2) is 5.01. The van der Waals surface area contributed by atoms with Gasteiger partial charge in [-0.3, -0.25) is 4.79 Å². The molecule has 1 N–H and O–H groups in total. The average Bonchev–Trinajstić information content (AvgIpc) is 2.73. The molecule has 0 aromatic heterocycles. The van der Waals surface area contributed by atoms with Gasteiger partial charge in [0.1, 0.15) is 5.75 Å². The van der Waals surface area contributed by atoms with E-state index in [1.54, 1.807) is 0 Å². The van der Waals surface area contributed by atoms with E-state index in [4.69, 9.17) is 4.74 Å². The van der Waals surface area contributed by atoms with E-state index in [1.807, 2.05) is 6.07 Å². The second-order valence-electron chi connectivity index (χ2n) is 5.21. The Bertz CT molecular complexity index is 452. The molecule has 1 saturated carbocycles. The third kappa shape index (κ3) is 2.35. The van der Waals surface area contributed by atoms with Crippen LogP contribution in [-0.2, 0) is 17.6 Å². The third-order valence-corrected chi connectivity index (χ3v) is 3.94. The van der Waals surface area contributed by atoms with E-state index in [9.17, 15) is 4.79 Å². The van der Waals surface area contributed by atoms with E-state index < -0.39 is 0 Å². The summed E-state index contributed by atoms with van der Waals surface area (Å²) in [5, 5.41) is 3.03. The van der Waals surface area contributed by atoms with Crippen molar-refractivity contribution in [3.63, 3.8) is 0 Å². The molecule has 1 aromatic rings. The number of carbonyl (C=O) groups excluding carboxylic acids is 1. The van der Waals surface area contributed by atoms with Crippen molar-refractivity contribution in [3.8, 4) is 5.75 Å². The number of carbonyl (C=O) groups is 1. The van der Waals surface area contributed by atoms with Gasteiger partial charge in [0.25, 0.3) is 0 Å². The number of ether oxygens (including phenoxy) is 1. The summed E-state index contributed by atoms with van der Waals surface area (Å²) in [5.74, 6) is 1.56. The third-order valence-electron chi connectivity index (χ3n) is 3.94. The number of nitrogens with one attached hydrogen (secondary N) is 1. The van der Waals surface area contributed by atoms with Crippen molar-refractivity contribution in [2.45, 2.75) is 32.1 Å². The van der Waals surface area contributed by atoms with Crippen molar-refractivity contribution in [1.82, 2.24) is 5.32 Å². The zero-order valence-electron chi connectivity index (χ0n) is 10.6. The predicted octanol–water partition coefficient (Wildman–Crippen LogP) is 2.08. The molecule has 0 radical (unpaired) electrons. The van der Waals surface area contributed by atoms with E-state index in [2.05, 4.69) is 17.4 Å². The Morgan fingerprint density at radius 3 is 3.06 bits per heavy atom. The second-order valence-corrected chi connectivity index (χ2v) is 5.21. The van der Waals surface area contributed by atoms with Gasteiger partial charge in [-0.05, 0) is 36.5 Å². The highest BCUT2D eigenvalue weighted by molar-refractivity contribution is 5.79. The molecule has 1 aliphatic carbocycles. The van der Waals surface area contributed by atoms with Gasteiger partial charge in [0, 0.05) is 18.9 Å². The zero-order chi connectivity index (χ0) is 12.4. The van der Waals surface area contributed by atoms with E-state index in [1.165, 1.54) is 17.5 Å². The monoisotopic (exact) mass is 245 g/mol. The van der Waals surface area contributed by atoms with Gasteiger partial charge in [0.2, 0.25) is 5.91 Å². The van der Waals surface area contributed by atoms with Crippen LogP contribution in [0.2, 0.25) is 0 Å². The van der Waals surface area contributed by atoms with Crippen LogP contribution < -0.4 is 10.1 Å². The van der Waals surface area contributed by atoms with Crippen LogP contribution >= 0.6 is 0 Å². The molecule has 3 heteroatoms. The quantitative estimate of drug-likeness (QED) is 0.882. The summed E-state index contributed by atoms with van der Waals surface area (Å²) in [6.45, 7) is 1.55. The van der Waals surface area contributed by atoms with Crippen molar-refractivity contribution in [2.75, 3.05) is 13.2 Å². The molecule has 1 aliphatic heterocycles. The van der Waals surface area contributed by atoms with Crippen LogP contribution in [0.15, 0.2) is 18.2 Å². The Labute approximate surface area is 108 Å². The highest BCUT2D eigenvalue weighted by atomic mass is 16.5. The van der Waals surface area contributed by atoms with Crippen LogP contribution in [0.1, 0.15) is 30.4 Å². The van der Waals surface area contributed by atoms with Gasteiger partial charge in [-0.2, -0.15) is 0 Å². The summed E-state index contributed by atoms with van der Waals surface area (Å²) >= 11 is 0. The molecule has 1 aromatic carbocycles. The SMILES string of the molecule is O=C(NCCc1ccc2c(c1)CCO2)C1CCC1. The minimum atomic E-state index is 0.241. The Morgan fingerprint density at radius 1 is 1.39 bits per heavy atom. The van der Waals surface area contributed by atoms with Crippen LogP contribution in [0.5, 0.6) is 5.75 Å². The minimum absolute atomic E-state index is 0.241. The Morgan fingerprint density at radius 2 is 2.28 bits per heavy atom. The number of hydrogen-bond acceptors (Lipinski definition) is 2. The summed E-state index contributed by atoms with van der Waals surface area (Å²) in [6.07, 6.45) is 5.27. The van der Waals surface area contributed by atoms with Crippen molar-refractivity contribution in [2.24, 2.45) is 5.92 Å². The maximum absolute atomic E-state index is 11.7. The lowest BCUT2D eigenvalue weighted by Crippen LogP contribution is -2.35. The van der Waals surface area contributed by atoms with Crippen molar-refractivity contribution in [1.29, 1.82) is 0 Å². The molecule has 0 spiro atoms. The van der Waals surface area contributed by atoms with Crippen LogP contribution in [0, 0.1) is 5.92 Å². The Kier molecular flexibility index (Phi) is 3.22. The smallest absolute Gasteiger partial charge is 0.223 e. The fourth-order valence-corrected chi connectivity index (χ4v) is 2.54. The normalized spacial score (nSPS) is 17.8. The molecular weight excluding hydrogens is 226 g/mol. The lowest BCUT2D eigenvalue weighted by molar-refractivity contribution is -0.127. The summed E-state index contributed by atoms with van der Waals surface area (Å²) in [7, 11) is 0. The standard InChI is InChI=1S/C15H19NO2/c17-15(12-2-1-3-12)16-8-6-11-4-5-14-13(10-11)7-9-18-14/h4-5,10,12H,1-3,6-9H2,(H,16,17). The first-order valence-electron chi connectivity index (χ1n) is 6.85. The molecule has 96 valence electrons. The molecule has 18 heavy (non-hydrogen) atoms. The number of benzene rings is 1. The number of amides is 1. The first kappa shape index (κ1) is 11.6. The summed E-state index contributed by atoms with van der Waals surface area (Å²) in [4.78, 5) is 11.7. The lowest BCUT2D eigenvalue weighted by Gasteiger charge is -2.24. The lowest BCUT2D eigenvalue weighted by atomic mass is 9.85. The molecule has 1 fully saturated rings. The van der Waals surface area contributed by atoms with Crippen molar-refractivity contribution in [3.05, 3.63) is 29.3 Å². The molecule has 3 rings (SSSR count). The number of rotatable bonds is 4. The highest BCUT2D eigenvalue weighted by Crippen LogP contribution is 2.27. The van der Waals surface area contributed by atoms with E-state index in [0.29, 0.717) is 5.92 Å². The predicted molar refractivity (Wildman–Crippen MR) is 69.7 cm³/mol. The highest BCUT2D eigenvalue weighted by Gasteiger charge is 2.24. The van der Waals surface area contributed by atoms with Gasteiger partial charge in [0.05, 0.1) is 6.61 Å². The summed E-state index contributed by atoms with van der Waals surface area (Å²) in [5.41, 5.74) is 2.59. The zero-order valence-corrected chi connectivity index (χ0v) is 10.6. The van der Waals surface area contributed by atoms with Crippen LogP contribution in [0.3, 0.4) is 0 Å². The first-order valence-corrected chi connectivity index (χ1v) is 6.85. The average molecular weight is 245 g/mol. The largest absolute Gasteiger partial charge is 0.493 e. The van der Waals surface area contributed by atoms with E-state index in [0.717, 1.165) is 44.6 Å². The summed E-state index contributed by atoms with van der Waals surface area (Å²) in [6, 6.07) is 6.35. The van der Waals surface area contributed by atoms with Gasteiger partial charge < -0.3 is 10.1 Å². The molecule has 1 heterocycles. The topological polar surface area (TPSA) is 38.3 Å². The molecule has 0 bridgehead atoms. The van der Waals surface area contributed by atoms with Crippen molar-refractivity contribution < 1.29 is 9.53 Å². The molecule has 3 nitrogen and oxygen atoms in total. The molecule has 1 amide bonds. The fraction of sp³-hybridized carbons (Fsp3) is 0.533. The van der Waals surface area contributed by atoms with Crippen LogP contribution in [0.25, 0.3) is 0 Å². The van der Waals surface area contributed by atoms with Gasteiger partial charge in [-0.15, -0.1) is 0 Å². The minimum Gasteiger partial charge on any atom is -0.493 e. The van der Waals surface area contributed by atoms with Crippen molar-refractivity contribution >= 4 is 5.91 Å². The molecule has 2 aliphatic rings. The summed E-state index contributed by atoms with van der Waals surface area (Å²) < 4.78 is 5.48. The maximum atomic E-state index is 11.7. The Hall–Kier alpha value is -1.51. The van der Waals surface area contributed by atoms with Gasteiger partial charge in [0.15, 0.2) is 0 Å². The van der Waals surface area contributed by atoms with E-state index >= 15 is 0 Å². The molecule has 0 atom stereocenters. The van der Waals surface area contributed by atoms with E-state index in [-0.39, 0.29) is 5.91 Å². The Balaban J connectivity index is 1.49. The van der Waals surface area contributed by atoms with Gasteiger partial charge in [-0.25, -0.2) is 0 Å². The maximum Gasteiger partial charge on any atom is 0.223 e. The molecular formula is C15H19NO2. The number of hydrogen-bond donors (Lipinski definition) is 1.